The molecule has 2 rings (SSSR count). The van der Waals surface area contributed by atoms with E-state index >= 15 is 0 Å². The minimum absolute atomic E-state index is 0.225. The Morgan fingerprint density at radius 2 is 2.08 bits per heavy atom. The van der Waals surface area contributed by atoms with E-state index in [1.807, 2.05) is 0 Å². The lowest BCUT2D eigenvalue weighted by Crippen LogP contribution is -1.93. The highest BCUT2D eigenvalue weighted by atomic mass is 35.5. The molecule has 0 radical (unpaired) electrons. The summed E-state index contributed by atoms with van der Waals surface area (Å²) < 4.78 is 13.2. The zero-order chi connectivity index (χ0) is 8.72. The summed E-state index contributed by atoms with van der Waals surface area (Å²) in [5.41, 5.74) is 6.75. The quantitative estimate of drug-likeness (QED) is 0.669. The maximum Gasteiger partial charge on any atom is 0.128 e. The molecule has 0 atom stereocenters. The molecule has 1 fully saturated rings. The standard InChI is InChI=1S/C9H9ClFN/c10-7-4-8(11)6(3-9(7)12)5-1-2-5/h3-5H,1-2,12H2. The van der Waals surface area contributed by atoms with Gasteiger partial charge in [0.05, 0.1) is 10.7 Å². The molecule has 1 aromatic rings. The first-order chi connectivity index (χ1) is 5.68. The van der Waals surface area contributed by atoms with Crippen molar-refractivity contribution in [2.75, 3.05) is 5.73 Å². The van der Waals surface area contributed by atoms with Crippen molar-refractivity contribution in [1.82, 2.24) is 0 Å². The molecule has 0 bridgehead atoms. The van der Waals surface area contributed by atoms with Gasteiger partial charge in [-0.2, -0.15) is 0 Å². The molecule has 1 aliphatic carbocycles. The van der Waals surface area contributed by atoms with Gasteiger partial charge in [0.1, 0.15) is 5.82 Å². The van der Waals surface area contributed by atoms with Crippen molar-refractivity contribution < 1.29 is 4.39 Å². The Hall–Kier alpha value is -0.760. The monoisotopic (exact) mass is 185 g/mol. The van der Waals surface area contributed by atoms with Crippen LogP contribution in [0.3, 0.4) is 0 Å². The fourth-order valence-corrected chi connectivity index (χ4v) is 1.44. The minimum Gasteiger partial charge on any atom is -0.398 e. The Morgan fingerprint density at radius 1 is 1.42 bits per heavy atom. The lowest BCUT2D eigenvalue weighted by atomic mass is 10.1. The fourth-order valence-electron chi connectivity index (χ4n) is 1.29. The largest absolute Gasteiger partial charge is 0.398 e. The molecule has 0 saturated heterocycles. The molecule has 0 spiro atoms. The van der Waals surface area contributed by atoms with Gasteiger partial charge >= 0.3 is 0 Å². The second-order valence-corrected chi connectivity index (χ2v) is 3.58. The van der Waals surface area contributed by atoms with Crippen LogP contribution in [0.15, 0.2) is 12.1 Å². The first-order valence-corrected chi connectivity index (χ1v) is 4.30. The van der Waals surface area contributed by atoms with Crippen LogP contribution in [0.25, 0.3) is 0 Å². The normalized spacial score (nSPS) is 16.5. The average Bonchev–Trinajstić information content (AvgIpc) is 2.79. The van der Waals surface area contributed by atoms with Crippen molar-refractivity contribution in [3.05, 3.63) is 28.5 Å². The molecule has 0 heterocycles. The first kappa shape index (κ1) is 7.87. The highest BCUT2D eigenvalue weighted by molar-refractivity contribution is 6.33. The Labute approximate surface area is 75.3 Å². The molecular formula is C9H9ClFN. The van der Waals surface area contributed by atoms with Crippen LogP contribution in [0.2, 0.25) is 5.02 Å². The summed E-state index contributed by atoms with van der Waals surface area (Å²) in [4.78, 5) is 0. The van der Waals surface area contributed by atoms with Crippen LogP contribution >= 0.6 is 11.6 Å². The number of anilines is 1. The van der Waals surface area contributed by atoms with E-state index in [2.05, 4.69) is 0 Å². The van der Waals surface area contributed by atoms with E-state index in [1.54, 1.807) is 6.07 Å². The summed E-state index contributed by atoms with van der Waals surface area (Å²) in [5, 5.41) is 0.303. The third-order valence-corrected chi connectivity index (χ3v) is 2.46. The predicted octanol–water partition coefficient (Wildman–Crippen LogP) is 2.94. The zero-order valence-corrected chi connectivity index (χ0v) is 7.24. The SMILES string of the molecule is Nc1cc(C2CC2)c(F)cc1Cl. The van der Waals surface area contributed by atoms with E-state index in [9.17, 15) is 4.39 Å². The van der Waals surface area contributed by atoms with Gasteiger partial charge in [-0.15, -0.1) is 0 Å². The van der Waals surface area contributed by atoms with Gasteiger partial charge in [0, 0.05) is 0 Å². The average molecular weight is 186 g/mol. The van der Waals surface area contributed by atoms with Gasteiger partial charge in [0.15, 0.2) is 0 Å². The van der Waals surface area contributed by atoms with E-state index in [0.717, 1.165) is 18.4 Å². The molecule has 0 aromatic heterocycles. The van der Waals surface area contributed by atoms with Gasteiger partial charge in [-0.05, 0) is 36.5 Å². The summed E-state index contributed by atoms with van der Waals surface area (Å²) >= 11 is 5.65. The van der Waals surface area contributed by atoms with Crippen LogP contribution in [-0.4, -0.2) is 0 Å². The number of halogens is 2. The second-order valence-electron chi connectivity index (χ2n) is 3.17. The van der Waals surface area contributed by atoms with Crippen LogP contribution in [0.1, 0.15) is 24.3 Å². The summed E-state index contributed by atoms with van der Waals surface area (Å²) in [6, 6.07) is 2.94. The van der Waals surface area contributed by atoms with E-state index in [-0.39, 0.29) is 5.82 Å². The molecule has 0 aliphatic heterocycles. The van der Waals surface area contributed by atoms with Crippen molar-refractivity contribution in [3.8, 4) is 0 Å². The molecule has 1 aromatic carbocycles. The van der Waals surface area contributed by atoms with Gasteiger partial charge in [-0.3, -0.25) is 0 Å². The van der Waals surface area contributed by atoms with Gasteiger partial charge < -0.3 is 5.73 Å². The van der Waals surface area contributed by atoms with Crippen LogP contribution in [0.5, 0.6) is 0 Å². The topological polar surface area (TPSA) is 26.0 Å². The minimum atomic E-state index is -0.225. The van der Waals surface area contributed by atoms with E-state index in [1.165, 1.54) is 6.07 Å². The molecule has 1 nitrogen and oxygen atoms in total. The molecular weight excluding hydrogens is 177 g/mol. The summed E-state index contributed by atoms with van der Waals surface area (Å²) in [6.45, 7) is 0. The van der Waals surface area contributed by atoms with Crippen LogP contribution < -0.4 is 5.73 Å². The van der Waals surface area contributed by atoms with Crippen LogP contribution in [0.4, 0.5) is 10.1 Å². The molecule has 12 heavy (non-hydrogen) atoms. The van der Waals surface area contributed by atoms with E-state index in [4.69, 9.17) is 17.3 Å². The van der Waals surface area contributed by atoms with Gasteiger partial charge in [-0.1, -0.05) is 11.6 Å². The molecule has 0 unspecified atom stereocenters. The lowest BCUT2D eigenvalue weighted by Gasteiger charge is -2.03. The van der Waals surface area contributed by atoms with E-state index < -0.39 is 0 Å². The zero-order valence-electron chi connectivity index (χ0n) is 6.48. The lowest BCUT2D eigenvalue weighted by molar-refractivity contribution is 0.611. The first-order valence-electron chi connectivity index (χ1n) is 3.93. The third-order valence-electron chi connectivity index (χ3n) is 2.13. The smallest absolute Gasteiger partial charge is 0.128 e. The number of benzene rings is 1. The highest BCUT2D eigenvalue weighted by Gasteiger charge is 2.26. The number of rotatable bonds is 1. The molecule has 1 saturated carbocycles. The predicted molar refractivity (Wildman–Crippen MR) is 47.8 cm³/mol. The van der Waals surface area contributed by atoms with Crippen LogP contribution in [-0.2, 0) is 0 Å². The Bertz CT molecular complexity index is 321. The van der Waals surface area contributed by atoms with Crippen molar-refractivity contribution in [2.24, 2.45) is 0 Å². The molecule has 3 heteroatoms. The number of nitrogens with two attached hydrogens (primary N) is 1. The summed E-state index contributed by atoms with van der Waals surface area (Å²) in [6.07, 6.45) is 2.13. The molecule has 2 N–H and O–H groups in total. The maximum absolute atomic E-state index is 13.2. The highest BCUT2D eigenvalue weighted by Crippen LogP contribution is 2.42. The number of hydrogen-bond acceptors (Lipinski definition) is 1. The Morgan fingerprint density at radius 3 is 2.67 bits per heavy atom. The van der Waals surface area contributed by atoms with Gasteiger partial charge in [0.25, 0.3) is 0 Å². The fraction of sp³-hybridized carbons (Fsp3) is 0.333. The van der Waals surface area contributed by atoms with Crippen molar-refractivity contribution in [1.29, 1.82) is 0 Å². The number of nitrogen functional groups attached to an aromatic ring is 1. The maximum atomic E-state index is 13.2. The molecule has 0 amide bonds. The third kappa shape index (κ3) is 1.27. The summed E-state index contributed by atoms with van der Waals surface area (Å²) in [7, 11) is 0. The van der Waals surface area contributed by atoms with Crippen molar-refractivity contribution in [2.45, 2.75) is 18.8 Å². The van der Waals surface area contributed by atoms with Crippen molar-refractivity contribution in [3.63, 3.8) is 0 Å². The number of hydrogen-bond donors (Lipinski definition) is 1. The summed E-state index contributed by atoms with van der Waals surface area (Å²) in [5.74, 6) is 0.154. The van der Waals surface area contributed by atoms with Gasteiger partial charge in [-0.25, -0.2) is 4.39 Å². The second kappa shape index (κ2) is 2.63. The van der Waals surface area contributed by atoms with Crippen LogP contribution in [0, 0.1) is 5.82 Å². The molecule has 64 valence electrons. The Kier molecular flexibility index (Phi) is 1.72. The molecule has 1 aliphatic rings. The van der Waals surface area contributed by atoms with Gasteiger partial charge in [0.2, 0.25) is 0 Å². The Balaban J connectivity index is 2.47. The van der Waals surface area contributed by atoms with Crippen molar-refractivity contribution >= 4 is 17.3 Å². The van der Waals surface area contributed by atoms with E-state index in [0.29, 0.717) is 16.6 Å².